The van der Waals surface area contributed by atoms with Crippen molar-refractivity contribution in [1.82, 2.24) is 0 Å². The number of aliphatic carboxylic acids is 1. The molecule has 1 aromatic carbocycles. The normalized spacial score (nSPS) is 20.5. The first kappa shape index (κ1) is 11.9. The molecule has 0 saturated carbocycles. The van der Waals surface area contributed by atoms with Crippen LogP contribution in [-0.4, -0.2) is 24.4 Å². The van der Waals surface area contributed by atoms with Crippen molar-refractivity contribution in [2.75, 3.05) is 7.11 Å². The summed E-state index contributed by atoms with van der Waals surface area (Å²) in [4.78, 5) is 10.8. The van der Waals surface area contributed by atoms with Crippen molar-refractivity contribution in [3.63, 3.8) is 0 Å². The minimum absolute atomic E-state index is 0.556. The molecule has 0 amide bonds. The molecule has 2 atom stereocenters. The number of rotatable bonds is 3. The summed E-state index contributed by atoms with van der Waals surface area (Å²) in [6, 6.07) is 5.53. The van der Waals surface area contributed by atoms with Gasteiger partial charge in [-0.05, 0) is 30.9 Å². The van der Waals surface area contributed by atoms with Gasteiger partial charge in [-0.3, -0.25) is 0 Å². The molecule has 1 aliphatic carbocycles. The van der Waals surface area contributed by atoms with Crippen LogP contribution in [0.15, 0.2) is 18.2 Å². The summed E-state index contributed by atoms with van der Waals surface area (Å²) in [5, 5.41) is 8.81. The number of benzene rings is 1. The fraction of sp³-hybridized carbons (Fsp3) is 0.462. The Morgan fingerprint density at radius 1 is 1.59 bits per heavy atom. The zero-order valence-electron chi connectivity index (χ0n) is 9.65. The Hall–Kier alpha value is -1.58. The zero-order chi connectivity index (χ0) is 12.4. The number of methoxy groups -OCH3 is 1. The van der Waals surface area contributed by atoms with E-state index in [1.54, 1.807) is 6.07 Å². The first-order valence-corrected chi connectivity index (χ1v) is 5.67. The van der Waals surface area contributed by atoms with Crippen molar-refractivity contribution in [2.45, 2.75) is 31.4 Å². The van der Waals surface area contributed by atoms with Crippen LogP contribution < -0.4 is 4.74 Å². The lowest BCUT2D eigenvalue weighted by atomic mass is 9.79. The molecule has 4 heteroatoms. The van der Waals surface area contributed by atoms with E-state index in [1.807, 2.05) is 12.1 Å². The van der Waals surface area contributed by atoms with Crippen LogP contribution in [0.3, 0.4) is 0 Å². The van der Waals surface area contributed by atoms with E-state index in [0.29, 0.717) is 12.2 Å². The number of carboxylic acid groups (broad SMARTS) is 1. The number of hydrogen-bond donors (Lipinski definition) is 1. The van der Waals surface area contributed by atoms with Gasteiger partial charge in [0, 0.05) is 11.5 Å². The molecule has 0 heterocycles. The first-order chi connectivity index (χ1) is 8.15. The summed E-state index contributed by atoms with van der Waals surface area (Å²) >= 11 is 0. The van der Waals surface area contributed by atoms with Crippen LogP contribution in [0, 0.1) is 0 Å². The first-order valence-electron chi connectivity index (χ1n) is 5.67. The third kappa shape index (κ3) is 2.12. The SMILES string of the molecule is COc1cccc2c1C(C(F)C(=O)O)CCC2. The molecule has 0 aromatic heterocycles. The molecule has 0 aliphatic heterocycles. The van der Waals surface area contributed by atoms with Gasteiger partial charge in [0.25, 0.3) is 0 Å². The highest BCUT2D eigenvalue weighted by molar-refractivity contribution is 5.74. The lowest BCUT2D eigenvalue weighted by Gasteiger charge is -2.28. The monoisotopic (exact) mass is 238 g/mol. The topological polar surface area (TPSA) is 46.5 Å². The smallest absolute Gasteiger partial charge is 0.338 e. The van der Waals surface area contributed by atoms with Crippen LogP contribution in [-0.2, 0) is 11.2 Å². The summed E-state index contributed by atoms with van der Waals surface area (Å²) in [5.41, 5.74) is 1.74. The molecular formula is C13H15FO3. The largest absolute Gasteiger partial charge is 0.496 e. The van der Waals surface area contributed by atoms with Crippen LogP contribution in [0.5, 0.6) is 5.75 Å². The number of aryl methyl sites for hydroxylation is 1. The number of carbonyl (C=O) groups is 1. The molecule has 0 fully saturated rings. The Morgan fingerprint density at radius 2 is 2.35 bits per heavy atom. The Balaban J connectivity index is 2.45. The molecule has 0 bridgehead atoms. The number of ether oxygens (including phenoxy) is 1. The summed E-state index contributed by atoms with van der Waals surface area (Å²) in [7, 11) is 1.52. The number of alkyl halides is 1. The van der Waals surface area contributed by atoms with Crippen LogP contribution >= 0.6 is 0 Å². The average Bonchev–Trinajstić information content (AvgIpc) is 2.36. The predicted octanol–water partition coefficient (Wildman–Crippen LogP) is 2.54. The molecule has 0 radical (unpaired) electrons. The molecule has 2 rings (SSSR count). The van der Waals surface area contributed by atoms with E-state index in [-0.39, 0.29) is 0 Å². The molecule has 2 unspecified atom stereocenters. The Morgan fingerprint density at radius 3 is 3.00 bits per heavy atom. The van der Waals surface area contributed by atoms with E-state index in [0.717, 1.165) is 24.0 Å². The van der Waals surface area contributed by atoms with Crippen LogP contribution in [0.25, 0.3) is 0 Å². The number of halogens is 1. The van der Waals surface area contributed by atoms with Crippen molar-refractivity contribution in [2.24, 2.45) is 0 Å². The molecule has 1 aromatic rings. The van der Waals surface area contributed by atoms with Gasteiger partial charge in [0.15, 0.2) is 0 Å². The highest BCUT2D eigenvalue weighted by Crippen LogP contribution is 2.40. The molecule has 1 N–H and O–H groups in total. The predicted molar refractivity (Wildman–Crippen MR) is 61.2 cm³/mol. The second-order valence-electron chi connectivity index (χ2n) is 4.27. The van der Waals surface area contributed by atoms with Crippen LogP contribution in [0.2, 0.25) is 0 Å². The van der Waals surface area contributed by atoms with E-state index in [1.165, 1.54) is 7.11 Å². The maximum atomic E-state index is 13.8. The number of fused-ring (bicyclic) bond motifs is 1. The molecule has 3 nitrogen and oxygen atoms in total. The third-order valence-electron chi connectivity index (χ3n) is 3.30. The van der Waals surface area contributed by atoms with Crippen molar-refractivity contribution >= 4 is 5.97 Å². The highest BCUT2D eigenvalue weighted by atomic mass is 19.1. The van der Waals surface area contributed by atoms with Gasteiger partial charge in [0.1, 0.15) is 5.75 Å². The molecule has 92 valence electrons. The van der Waals surface area contributed by atoms with Crippen molar-refractivity contribution in [3.05, 3.63) is 29.3 Å². The van der Waals surface area contributed by atoms with E-state index < -0.39 is 18.1 Å². The number of carboxylic acids is 1. The lowest BCUT2D eigenvalue weighted by molar-refractivity contribution is -0.143. The Kier molecular flexibility index (Phi) is 3.31. The van der Waals surface area contributed by atoms with Crippen molar-refractivity contribution in [3.8, 4) is 5.75 Å². The second kappa shape index (κ2) is 4.73. The standard InChI is InChI=1S/C13H15FO3/c1-17-10-7-3-5-8-4-2-6-9(11(8)10)12(14)13(15)16/h3,5,7,9,12H,2,4,6H2,1H3,(H,15,16). The minimum atomic E-state index is -1.86. The van der Waals surface area contributed by atoms with Gasteiger partial charge < -0.3 is 9.84 Å². The van der Waals surface area contributed by atoms with Gasteiger partial charge in [-0.15, -0.1) is 0 Å². The van der Waals surface area contributed by atoms with E-state index in [4.69, 9.17) is 9.84 Å². The summed E-state index contributed by atoms with van der Waals surface area (Å²) in [6.45, 7) is 0. The maximum Gasteiger partial charge on any atom is 0.338 e. The van der Waals surface area contributed by atoms with Crippen molar-refractivity contribution < 1.29 is 19.0 Å². The van der Waals surface area contributed by atoms with Crippen molar-refractivity contribution in [1.29, 1.82) is 0 Å². The lowest BCUT2D eigenvalue weighted by Crippen LogP contribution is -2.27. The quantitative estimate of drug-likeness (QED) is 0.880. The van der Waals surface area contributed by atoms with Gasteiger partial charge in [-0.25, -0.2) is 9.18 Å². The van der Waals surface area contributed by atoms with E-state index in [9.17, 15) is 9.18 Å². The van der Waals surface area contributed by atoms with E-state index in [2.05, 4.69) is 0 Å². The van der Waals surface area contributed by atoms with Gasteiger partial charge >= 0.3 is 5.97 Å². The molecular weight excluding hydrogens is 223 g/mol. The highest BCUT2D eigenvalue weighted by Gasteiger charge is 2.34. The number of hydrogen-bond acceptors (Lipinski definition) is 2. The molecule has 0 spiro atoms. The van der Waals surface area contributed by atoms with Gasteiger partial charge in [-0.1, -0.05) is 12.1 Å². The maximum absolute atomic E-state index is 13.8. The van der Waals surface area contributed by atoms with Crippen LogP contribution in [0.4, 0.5) is 4.39 Å². The molecule has 17 heavy (non-hydrogen) atoms. The van der Waals surface area contributed by atoms with Crippen LogP contribution in [0.1, 0.15) is 29.9 Å². The fourth-order valence-electron chi connectivity index (χ4n) is 2.53. The van der Waals surface area contributed by atoms with Gasteiger partial charge in [0.2, 0.25) is 6.17 Å². The average molecular weight is 238 g/mol. The molecule has 1 aliphatic rings. The second-order valence-corrected chi connectivity index (χ2v) is 4.27. The Labute approximate surface area is 99.2 Å². The Bertz CT molecular complexity index is 416. The zero-order valence-corrected chi connectivity index (χ0v) is 9.65. The molecule has 0 saturated heterocycles. The minimum Gasteiger partial charge on any atom is -0.496 e. The summed E-state index contributed by atoms with van der Waals surface area (Å²) in [6.07, 6.45) is 0.375. The van der Waals surface area contributed by atoms with E-state index >= 15 is 0 Å². The summed E-state index contributed by atoms with van der Waals surface area (Å²) in [5.74, 6) is -1.39. The summed E-state index contributed by atoms with van der Waals surface area (Å²) < 4.78 is 19.0. The third-order valence-corrected chi connectivity index (χ3v) is 3.30. The van der Waals surface area contributed by atoms with Gasteiger partial charge in [0.05, 0.1) is 7.11 Å². The van der Waals surface area contributed by atoms with Gasteiger partial charge in [-0.2, -0.15) is 0 Å². The fourth-order valence-corrected chi connectivity index (χ4v) is 2.53.